The van der Waals surface area contributed by atoms with Crippen LogP contribution >= 0.6 is 0 Å². The zero-order valence-electron chi connectivity index (χ0n) is 12.5. The molecule has 3 rings (SSSR count). The molecule has 0 fully saturated rings. The van der Waals surface area contributed by atoms with Crippen LogP contribution < -0.4 is 0 Å². The molecule has 1 aliphatic heterocycles. The maximum Gasteiger partial charge on any atom is 0.0772 e. The van der Waals surface area contributed by atoms with Crippen molar-refractivity contribution in [2.24, 2.45) is 5.10 Å². The lowest BCUT2D eigenvalue weighted by atomic mass is 10.0. The number of nitrogens with zero attached hydrogens (tertiary/aromatic N) is 2. The Kier molecular flexibility index (Phi) is 3.87. The summed E-state index contributed by atoms with van der Waals surface area (Å²) >= 11 is 0. The number of benzene rings is 2. The van der Waals surface area contributed by atoms with Gasteiger partial charge in [0.05, 0.1) is 11.8 Å². The summed E-state index contributed by atoms with van der Waals surface area (Å²) in [6, 6.07) is 19.4. The van der Waals surface area contributed by atoms with Crippen LogP contribution in [0.15, 0.2) is 65.8 Å². The van der Waals surface area contributed by atoms with Crippen molar-refractivity contribution in [2.75, 3.05) is 7.05 Å². The number of allylic oxidation sites excluding steroid dienone is 1. The van der Waals surface area contributed by atoms with Crippen LogP contribution in [0, 0.1) is 6.92 Å². The molecule has 21 heavy (non-hydrogen) atoms. The second-order valence-electron chi connectivity index (χ2n) is 5.54. The Bertz CT molecular complexity index is 654. The third kappa shape index (κ3) is 3.22. The molecule has 0 amide bonds. The van der Waals surface area contributed by atoms with E-state index < -0.39 is 0 Å². The Morgan fingerprint density at radius 1 is 1.00 bits per heavy atom. The SMILES string of the molecule is Cc1ccc(C2CC(/C=C/c3ccccc3)=NN2C)cc1. The van der Waals surface area contributed by atoms with Crippen LogP contribution in [0.3, 0.4) is 0 Å². The maximum absolute atomic E-state index is 4.65. The number of rotatable bonds is 3. The van der Waals surface area contributed by atoms with Gasteiger partial charge in [-0.3, -0.25) is 5.01 Å². The van der Waals surface area contributed by atoms with E-state index in [1.807, 2.05) is 13.1 Å². The largest absolute Gasteiger partial charge is 0.292 e. The fourth-order valence-corrected chi connectivity index (χ4v) is 2.62. The summed E-state index contributed by atoms with van der Waals surface area (Å²) in [6.07, 6.45) is 5.22. The summed E-state index contributed by atoms with van der Waals surface area (Å²) < 4.78 is 0. The van der Waals surface area contributed by atoms with Crippen molar-refractivity contribution in [1.82, 2.24) is 5.01 Å². The number of aryl methyl sites for hydroxylation is 1. The first kappa shape index (κ1) is 13.6. The standard InChI is InChI=1S/C19H20N2/c1-15-8-11-17(12-9-15)19-14-18(20-21(19)2)13-10-16-6-4-3-5-7-16/h3-13,19H,14H2,1-2H3/b13-10+. The predicted octanol–water partition coefficient (Wildman–Crippen LogP) is 4.44. The first-order chi connectivity index (χ1) is 10.2. The van der Waals surface area contributed by atoms with Crippen LogP contribution in [0.1, 0.15) is 29.2 Å². The average molecular weight is 276 g/mol. The van der Waals surface area contributed by atoms with Gasteiger partial charge in [0, 0.05) is 13.5 Å². The van der Waals surface area contributed by atoms with E-state index in [1.165, 1.54) is 16.7 Å². The van der Waals surface area contributed by atoms with Gasteiger partial charge in [0.25, 0.3) is 0 Å². The van der Waals surface area contributed by atoms with Gasteiger partial charge >= 0.3 is 0 Å². The number of hydrogen-bond donors (Lipinski definition) is 0. The quantitative estimate of drug-likeness (QED) is 0.809. The topological polar surface area (TPSA) is 15.6 Å². The Hall–Kier alpha value is -2.35. The molecule has 1 unspecified atom stereocenters. The van der Waals surface area contributed by atoms with Crippen LogP contribution in [0.5, 0.6) is 0 Å². The van der Waals surface area contributed by atoms with Crippen LogP contribution in [0.2, 0.25) is 0 Å². The van der Waals surface area contributed by atoms with Gasteiger partial charge in [-0.2, -0.15) is 5.10 Å². The molecule has 0 bridgehead atoms. The van der Waals surface area contributed by atoms with Gasteiger partial charge in [-0.15, -0.1) is 0 Å². The third-order valence-electron chi connectivity index (χ3n) is 3.87. The van der Waals surface area contributed by atoms with Gasteiger partial charge in [-0.1, -0.05) is 66.2 Å². The number of hydrogen-bond acceptors (Lipinski definition) is 2. The minimum Gasteiger partial charge on any atom is -0.292 e. The van der Waals surface area contributed by atoms with E-state index >= 15 is 0 Å². The van der Waals surface area contributed by atoms with Crippen molar-refractivity contribution in [1.29, 1.82) is 0 Å². The van der Waals surface area contributed by atoms with Crippen molar-refractivity contribution >= 4 is 11.8 Å². The summed E-state index contributed by atoms with van der Waals surface area (Å²) in [5.74, 6) is 0. The van der Waals surface area contributed by atoms with Gasteiger partial charge in [-0.05, 0) is 24.1 Å². The minimum atomic E-state index is 0.348. The number of hydrazone groups is 1. The van der Waals surface area contributed by atoms with Crippen molar-refractivity contribution in [3.63, 3.8) is 0 Å². The van der Waals surface area contributed by atoms with E-state index in [0.29, 0.717) is 6.04 Å². The van der Waals surface area contributed by atoms with E-state index in [2.05, 4.69) is 77.7 Å². The molecular weight excluding hydrogens is 256 g/mol. The van der Waals surface area contributed by atoms with Crippen molar-refractivity contribution in [3.8, 4) is 0 Å². The zero-order valence-corrected chi connectivity index (χ0v) is 12.5. The summed E-state index contributed by atoms with van der Waals surface area (Å²) in [5.41, 5.74) is 4.97. The highest BCUT2D eigenvalue weighted by atomic mass is 15.5. The van der Waals surface area contributed by atoms with Crippen LogP contribution in [-0.2, 0) is 0 Å². The second kappa shape index (κ2) is 5.96. The van der Waals surface area contributed by atoms with Gasteiger partial charge in [0.15, 0.2) is 0 Å². The normalized spacial score (nSPS) is 18.3. The molecule has 2 aromatic rings. The highest BCUT2D eigenvalue weighted by molar-refractivity contribution is 5.99. The Morgan fingerprint density at radius 2 is 1.71 bits per heavy atom. The lowest BCUT2D eigenvalue weighted by Gasteiger charge is -2.19. The molecule has 0 aromatic heterocycles. The highest BCUT2D eigenvalue weighted by Gasteiger charge is 2.23. The van der Waals surface area contributed by atoms with Crippen molar-refractivity contribution in [3.05, 3.63) is 77.4 Å². The summed E-state index contributed by atoms with van der Waals surface area (Å²) in [7, 11) is 2.05. The van der Waals surface area contributed by atoms with Gasteiger partial charge < -0.3 is 0 Å². The third-order valence-corrected chi connectivity index (χ3v) is 3.87. The summed E-state index contributed by atoms with van der Waals surface area (Å²) in [6.45, 7) is 2.12. The second-order valence-corrected chi connectivity index (χ2v) is 5.54. The van der Waals surface area contributed by atoms with Crippen molar-refractivity contribution < 1.29 is 0 Å². The van der Waals surface area contributed by atoms with Crippen LogP contribution in [0.4, 0.5) is 0 Å². The molecule has 1 atom stereocenters. The molecule has 106 valence electrons. The molecule has 0 spiro atoms. The highest BCUT2D eigenvalue weighted by Crippen LogP contribution is 2.29. The molecule has 0 saturated carbocycles. The van der Waals surface area contributed by atoms with Gasteiger partial charge in [0.2, 0.25) is 0 Å². The lowest BCUT2D eigenvalue weighted by Crippen LogP contribution is -2.13. The Balaban J connectivity index is 1.71. The first-order valence-electron chi connectivity index (χ1n) is 7.32. The Morgan fingerprint density at radius 3 is 2.43 bits per heavy atom. The lowest BCUT2D eigenvalue weighted by molar-refractivity contribution is 0.290. The van der Waals surface area contributed by atoms with Crippen LogP contribution in [-0.4, -0.2) is 17.8 Å². The van der Waals surface area contributed by atoms with Gasteiger partial charge in [0.1, 0.15) is 0 Å². The summed E-state index contributed by atoms with van der Waals surface area (Å²) in [4.78, 5) is 0. The fraction of sp³-hybridized carbons (Fsp3) is 0.211. The maximum atomic E-state index is 4.65. The molecule has 2 nitrogen and oxygen atoms in total. The molecule has 0 aliphatic carbocycles. The smallest absolute Gasteiger partial charge is 0.0772 e. The van der Waals surface area contributed by atoms with Crippen molar-refractivity contribution in [2.45, 2.75) is 19.4 Å². The molecule has 0 saturated heterocycles. The summed E-state index contributed by atoms with van der Waals surface area (Å²) in [5, 5.41) is 6.71. The molecular formula is C19H20N2. The first-order valence-corrected chi connectivity index (χ1v) is 7.32. The van der Waals surface area contributed by atoms with E-state index in [1.54, 1.807) is 0 Å². The molecule has 1 aliphatic rings. The molecule has 0 radical (unpaired) electrons. The van der Waals surface area contributed by atoms with E-state index in [9.17, 15) is 0 Å². The van der Waals surface area contributed by atoms with Crippen LogP contribution in [0.25, 0.3) is 6.08 Å². The molecule has 0 N–H and O–H groups in total. The molecule has 2 aromatic carbocycles. The van der Waals surface area contributed by atoms with E-state index in [0.717, 1.165) is 12.1 Å². The average Bonchev–Trinajstić information content (AvgIpc) is 2.88. The zero-order chi connectivity index (χ0) is 14.7. The van der Waals surface area contributed by atoms with E-state index in [4.69, 9.17) is 0 Å². The monoisotopic (exact) mass is 276 g/mol. The predicted molar refractivity (Wildman–Crippen MR) is 89.2 cm³/mol. The molecule has 1 heterocycles. The minimum absolute atomic E-state index is 0.348. The van der Waals surface area contributed by atoms with Gasteiger partial charge in [-0.25, -0.2) is 0 Å². The Labute approximate surface area is 126 Å². The fourth-order valence-electron chi connectivity index (χ4n) is 2.62. The molecule has 2 heteroatoms. The van der Waals surface area contributed by atoms with E-state index in [-0.39, 0.29) is 0 Å².